The molecule has 0 aromatic heterocycles. The molecule has 2 amide bonds. The van der Waals surface area contributed by atoms with E-state index in [0.717, 1.165) is 16.6 Å². The summed E-state index contributed by atoms with van der Waals surface area (Å²) in [6.45, 7) is 0. The second kappa shape index (κ2) is 7.36. The fourth-order valence-electron chi connectivity index (χ4n) is 4.12. The summed E-state index contributed by atoms with van der Waals surface area (Å²) in [5.41, 5.74) is 5.00. The van der Waals surface area contributed by atoms with Gasteiger partial charge in [-0.2, -0.15) is 0 Å². The van der Waals surface area contributed by atoms with Crippen LogP contribution in [0.5, 0.6) is 0 Å². The Bertz CT molecular complexity index is 806. The van der Waals surface area contributed by atoms with Gasteiger partial charge in [-0.25, -0.2) is 12.7 Å². The molecule has 2 bridgehead atoms. The van der Waals surface area contributed by atoms with Crippen LogP contribution in [0.2, 0.25) is 0 Å². The van der Waals surface area contributed by atoms with Crippen molar-refractivity contribution in [2.45, 2.75) is 37.0 Å². The van der Waals surface area contributed by atoms with Crippen molar-refractivity contribution in [1.82, 2.24) is 15.2 Å². The van der Waals surface area contributed by atoms with Crippen LogP contribution in [0.15, 0.2) is 29.2 Å². The summed E-state index contributed by atoms with van der Waals surface area (Å²) in [6.07, 6.45) is 5.26. The number of carbonyl (C=O) groups is 2. The fraction of sp³-hybridized carbons (Fsp3) is 0.556. The summed E-state index contributed by atoms with van der Waals surface area (Å²) < 4.78 is 25.4. The van der Waals surface area contributed by atoms with Crippen molar-refractivity contribution in [2.75, 3.05) is 14.1 Å². The van der Waals surface area contributed by atoms with Crippen LogP contribution in [0.3, 0.4) is 0 Å². The normalized spacial score (nSPS) is 24.7. The minimum atomic E-state index is -3.62. The number of benzene rings is 1. The van der Waals surface area contributed by atoms with E-state index in [-0.39, 0.29) is 16.4 Å². The summed E-state index contributed by atoms with van der Waals surface area (Å²) in [6, 6.07) is 5.74. The number of hydrogen-bond donors (Lipinski definition) is 2. The molecule has 26 heavy (non-hydrogen) atoms. The molecule has 3 rings (SSSR count). The van der Waals surface area contributed by atoms with E-state index in [9.17, 15) is 18.0 Å². The molecule has 1 aromatic rings. The lowest BCUT2D eigenvalue weighted by atomic mass is 9.86. The Morgan fingerprint density at radius 3 is 2.54 bits per heavy atom. The van der Waals surface area contributed by atoms with Gasteiger partial charge in [-0.3, -0.25) is 20.4 Å². The molecule has 0 aliphatic heterocycles. The van der Waals surface area contributed by atoms with E-state index in [1.165, 1.54) is 57.6 Å². The zero-order valence-corrected chi connectivity index (χ0v) is 15.9. The molecule has 0 spiro atoms. The molecule has 7 nitrogen and oxygen atoms in total. The molecule has 2 fully saturated rings. The molecule has 0 heterocycles. The first-order valence-electron chi connectivity index (χ1n) is 8.89. The van der Waals surface area contributed by atoms with E-state index >= 15 is 0 Å². The predicted molar refractivity (Wildman–Crippen MR) is 96.5 cm³/mol. The van der Waals surface area contributed by atoms with E-state index in [0.29, 0.717) is 18.3 Å². The number of rotatable bonds is 5. The molecular weight excluding hydrogens is 354 g/mol. The number of carbonyl (C=O) groups excluding carboxylic acids is 2. The molecule has 142 valence electrons. The number of hydrazine groups is 1. The first-order valence-corrected chi connectivity index (χ1v) is 10.3. The maximum Gasteiger partial charge on any atom is 0.269 e. The summed E-state index contributed by atoms with van der Waals surface area (Å²) in [5.74, 6) is 1.09. The van der Waals surface area contributed by atoms with Crippen LogP contribution in [0.1, 0.15) is 42.5 Å². The largest absolute Gasteiger partial charge is 0.273 e. The molecule has 2 aliphatic rings. The molecule has 1 aromatic carbocycles. The number of nitrogens with one attached hydrogen (secondary N) is 2. The topological polar surface area (TPSA) is 95.6 Å². The number of amides is 2. The Hall–Kier alpha value is -1.93. The van der Waals surface area contributed by atoms with Gasteiger partial charge >= 0.3 is 0 Å². The number of nitrogens with zero attached hydrogens (tertiary/aromatic N) is 1. The molecule has 2 aliphatic carbocycles. The van der Waals surface area contributed by atoms with E-state index in [2.05, 4.69) is 10.9 Å². The van der Waals surface area contributed by atoms with Crippen molar-refractivity contribution >= 4 is 21.8 Å². The Kier molecular flexibility index (Phi) is 5.34. The SMILES string of the molecule is CN(C)S(=O)(=O)c1cccc(C(=O)NNC(=O)C[C@@H]2C[C@H]3CC[C@@H]2C3)c1. The fourth-order valence-corrected chi connectivity index (χ4v) is 5.07. The lowest BCUT2D eigenvalue weighted by molar-refractivity contribution is -0.123. The molecule has 8 heteroatoms. The third-order valence-corrected chi connectivity index (χ3v) is 7.33. The van der Waals surface area contributed by atoms with Gasteiger partial charge in [0.05, 0.1) is 4.90 Å². The lowest BCUT2D eigenvalue weighted by Crippen LogP contribution is -2.42. The highest BCUT2D eigenvalue weighted by molar-refractivity contribution is 7.89. The van der Waals surface area contributed by atoms with Crippen molar-refractivity contribution in [2.24, 2.45) is 17.8 Å². The summed E-state index contributed by atoms with van der Waals surface area (Å²) in [7, 11) is -0.762. The standard InChI is InChI=1S/C18H25N3O4S/c1-21(2)26(24,25)16-5-3-4-14(10-16)18(23)20-19-17(22)11-15-9-12-6-7-13(15)8-12/h3-5,10,12-13,15H,6-9,11H2,1-2H3,(H,19,22)(H,20,23)/t12-,13+,15-/m0/s1. The van der Waals surface area contributed by atoms with Gasteiger partial charge in [0.1, 0.15) is 0 Å². The lowest BCUT2D eigenvalue weighted by Gasteiger charge is -2.20. The molecule has 2 N–H and O–H groups in total. The highest BCUT2D eigenvalue weighted by Crippen LogP contribution is 2.49. The third-order valence-electron chi connectivity index (χ3n) is 5.52. The van der Waals surface area contributed by atoms with Crippen LogP contribution < -0.4 is 10.9 Å². The minimum absolute atomic E-state index is 0.0310. The van der Waals surface area contributed by atoms with Gasteiger partial charge in [-0.1, -0.05) is 12.5 Å². The Balaban J connectivity index is 1.56. The van der Waals surface area contributed by atoms with Crippen LogP contribution in [-0.2, 0) is 14.8 Å². The van der Waals surface area contributed by atoms with E-state index in [1.807, 2.05) is 0 Å². The van der Waals surface area contributed by atoms with Gasteiger partial charge in [-0.05, 0) is 55.2 Å². The predicted octanol–water partition coefficient (Wildman–Crippen LogP) is 1.52. The van der Waals surface area contributed by atoms with Crippen LogP contribution >= 0.6 is 0 Å². The molecule has 3 atom stereocenters. The van der Waals surface area contributed by atoms with Crippen LogP contribution in [-0.4, -0.2) is 38.6 Å². The van der Waals surface area contributed by atoms with Gasteiger partial charge in [-0.15, -0.1) is 0 Å². The van der Waals surface area contributed by atoms with Gasteiger partial charge < -0.3 is 0 Å². The third kappa shape index (κ3) is 3.91. The summed E-state index contributed by atoms with van der Waals surface area (Å²) in [5, 5.41) is 0. The maximum absolute atomic E-state index is 12.2. The summed E-state index contributed by atoms with van der Waals surface area (Å²) in [4.78, 5) is 24.4. The minimum Gasteiger partial charge on any atom is -0.273 e. The van der Waals surface area contributed by atoms with Crippen molar-refractivity contribution in [3.05, 3.63) is 29.8 Å². The number of hydrogen-bond acceptors (Lipinski definition) is 4. The number of sulfonamides is 1. The molecule has 0 unspecified atom stereocenters. The van der Waals surface area contributed by atoms with Gasteiger partial charge in [0.25, 0.3) is 5.91 Å². The molecule has 0 radical (unpaired) electrons. The van der Waals surface area contributed by atoms with Crippen molar-refractivity contribution in [3.63, 3.8) is 0 Å². The van der Waals surface area contributed by atoms with E-state index < -0.39 is 15.9 Å². The number of fused-ring (bicyclic) bond motifs is 2. The van der Waals surface area contributed by atoms with Crippen molar-refractivity contribution in [1.29, 1.82) is 0 Å². The average Bonchev–Trinajstić information content (AvgIpc) is 3.22. The second-order valence-corrected chi connectivity index (χ2v) is 9.61. The highest BCUT2D eigenvalue weighted by Gasteiger charge is 2.40. The van der Waals surface area contributed by atoms with E-state index in [4.69, 9.17) is 0 Å². The molecule has 0 saturated heterocycles. The zero-order valence-electron chi connectivity index (χ0n) is 15.1. The monoisotopic (exact) mass is 379 g/mol. The second-order valence-electron chi connectivity index (χ2n) is 7.46. The van der Waals surface area contributed by atoms with Crippen LogP contribution in [0.25, 0.3) is 0 Å². The van der Waals surface area contributed by atoms with Crippen molar-refractivity contribution < 1.29 is 18.0 Å². The zero-order chi connectivity index (χ0) is 18.9. The quantitative estimate of drug-likeness (QED) is 0.759. The summed E-state index contributed by atoms with van der Waals surface area (Å²) >= 11 is 0. The van der Waals surface area contributed by atoms with Gasteiger partial charge in [0.15, 0.2) is 0 Å². The van der Waals surface area contributed by atoms with E-state index in [1.54, 1.807) is 0 Å². The Morgan fingerprint density at radius 2 is 1.92 bits per heavy atom. The first kappa shape index (κ1) is 18.8. The van der Waals surface area contributed by atoms with Crippen molar-refractivity contribution in [3.8, 4) is 0 Å². The Morgan fingerprint density at radius 1 is 1.15 bits per heavy atom. The van der Waals surface area contributed by atoms with Gasteiger partial charge in [0.2, 0.25) is 15.9 Å². The first-order chi connectivity index (χ1) is 12.3. The van der Waals surface area contributed by atoms with Crippen LogP contribution in [0.4, 0.5) is 0 Å². The van der Waals surface area contributed by atoms with Crippen LogP contribution in [0, 0.1) is 17.8 Å². The Labute approximate surface area is 154 Å². The highest BCUT2D eigenvalue weighted by atomic mass is 32.2. The molecular formula is C18H25N3O4S. The smallest absolute Gasteiger partial charge is 0.269 e. The molecule has 2 saturated carbocycles. The van der Waals surface area contributed by atoms with Gasteiger partial charge in [0, 0.05) is 26.1 Å². The average molecular weight is 379 g/mol. The maximum atomic E-state index is 12.2.